The molecule has 0 aromatic rings. The van der Waals surface area contributed by atoms with E-state index in [4.69, 9.17) is 14.9 Å². The highest BCUT2D eigenvalue weighted by Crippen LogP contribution is 2.15. The van der Waals surface area contributed by atoms with E-state index >= 15 is 0 Å². The molecule has 0 spiro atoms. The molecular formula is C39H61N5O18. The lowest BCUT2D eigenvalue weighted by Gasteiger charge is -2.20. The third-order valence-electron chi connectivity index (χ3n) is 9.60. The van der Waals surface area contributed by atoms with Crippen LogP contribution in [0.4, 0.5) is 0 Å². The number of carbonyl (C=O) groups excluding carboxylic acids is 7. The van der Waals surface area contributed by atoms with Crippen LogP contribution in [0.1, 0.15) is 141 Å². The quantitative estimate of drug-likeness (QED) is 0.0237. The number of hydroxylamine groups is 2. The van der Waals surface area contributed by atoms with Gasteiger partial charge in [-0.2, -0.15) is 0 Å². The molecule has 0 aromatic heterocycles. The number of amides is 6. The van der Waals surface area contributed by atoms with E-state index < -0.39 is 128 Å². The average molecular weight is 888 g/mol. The molecule has 0 unspecified atom stereocenters. The van der Waals surface area contributed by atoms with Crippen molar-refractivity contribution in [1.29, 1.82) is 0 Å². The average Bonchev–Trinajstić information content (AvgIpc) is 3.52. The first-order chi connectivity index (χ1) is 29.4. The van der Waals surface area contributed by atoms with Crippen LogP contribution in [0.15, 0.2) is 0 Å². The van der Waals surface area contributed by atoms with E-state index in [2.05, 4.69) is 26.1 Å². The van der Waals surface area contributed by atoms with Gasteiger partial charge in [-0.05, 0) is 38.5 Å². The number of nitrogens with one attached hydrogen (secondary N) is 4. The maximum absolute atomic E-state index is 12.7. The Morgan fingerprint density at radius 2 is 0.871 bits per heavy atom. The topological polar surface area (TPSA) is 359 Å². The van der Waals surface area contributed by atoms with Gasteiger partial charge in [0.25, 0.3) is 11.8 Å². The summed E-state index contributed by atoms with van der Waals surface area (Å²) in [4.78, 5) is 136. The molecule has 23 nitrogen and oxygen atoms in total. The van der Waals surface area contributed by atoms with Crippen molar-refractivity contribution in [3.05, 3.63) is 0 Å². The molecule has 0 aliphatic carbocycles. The van der Waals surface area contributed by atoms with Crippen molar-refractivity contribution in [2.75, 3.05) is 13.4 Å². The summed E-state index contributed by atoms with van der Waals surface area (Å²) in [5.41, 5.74) is 0. The minimum Gasteiger partial charge on any atom is -0.481 e. The third-order valence-corrected chi connectivity index (χ3v) is 9.60. The minimum absolute atomic E-state index is 0.0869. The van der Waals surface area contributed by atoms with E-state index in [1.807, 2.05) is 0 Å². The number of aliphatic carboxylic acids is 4. The molecule has 6 amide bonds. The molecule has 1 heterocycles. The van der Waals surface area contributed by atoms with Gasteiger partial charge in [-0.25, -0.2) is 19.2 Å². The largest absolute Gasteiger partial charge is 0.481 e. The fourth-order valence-corrected chi connectivity index (χ4v) is 6.16. The smallest absolute Gasteiger partial charge is 0.333 e. The zero-order valence-corrected chi connectivity index (χ0v) is 34.8. The van der Waals surface area contributed by atoms with Crippen LogP contribution in [-0.2, 0) is 62.3 Å². The minimum atomic E-state index is -1.57. The molecule has 0 bridgehead atoms. The van der Waals surface area contributed by atoms with Crippen LogP contribution < -0.4 is 21.3 Å². The molecule has 1 aliphatic rings. The van der Waals surface area contributed by atoms with Crippen LogP contribution in [0.2, 0.25) is 0 Å². The number of carboxylic acid groups (broad SMARTS) is 4. The summed E-state index contributed by atoms with van der Waals surface area (Å²) < 4.78 is 4.92. The van der Waals surface area contributed by atoms with Gasteiger partial charge >= 0.3 is 29.8 Å². The maximum Gasteiger partial charge on any atom is 0.333 e. The number of unbranched alkanes of at least 4 members (excludes halogenated alkanes) is 9. The number of rotatable bonds is 36. The molecule has 4 atom stereocenters. The lowest BCUT2D eigenvalue weighted by atomic mass is 10.0. The number of ether oxygens (including phenoxy) is 1. The van der Waals surface area contributed by atoms with Gasteiger partial charge in [0.05, 0.1) is 19.1 Å². The number of nitrogens with zero attached hydrogens (tertiary/aromatic N) is 1. The summed E-state index contributed by atoms with van der Waals surface area (Å²) in [6.07, 6.45) is 5.66. The van der Waals surface area contributed by atoms with Gasteiger partial charge in [-0.1, -0.05) is 51.4 Å². The molecule has 62 heavy (non-hydrogen) atoms. The van der Waals surface area contributed by atoms with Gasteiger partial charge < -0.3 is 56.4 Å². The predicted molar refractivity (Wildman–Crippen MR) is 211 cm³/mol. The Morgan fingerprint density at radius 3 is 1.29 bits per heavy atom. The highest BCUT2D eigenvalue weighted by atomic mass is 16.7. The standard InChI is InChI=1S/C39H61N5O18/c45-24-61-23-25(13-17-31(48)43-28(39(59)60)16-22-36(54)62-44-33(50)20-21-34(44)51)40-30(47)18-14-27(38(57)58)42-32(49)19-15-26(37(55)56)41-29(46)11-9-7-5-3-1-2-4-6-8-10-12-35(52)53/h25-28,45H,1-24H2,(H,40,47)(H,41,46)(H,42,49)(H,43,48)(H,52,53)(H,55,56)(H,57,58)(H,59,60)/t25-,26-,27-,28-/m0/s1. The van der Waals surface area contributed by atoms with Crippen LogP contribution in [0.25, 0.3) is 0 Å². The number of hydrogen-bond acceptors (Lipinski definition) is 14. The van der Waals surface area contributed by atoms with Gasteiger partial charge in [-0.15, -0.1) is 5.06 Å². The first-order valence-corrected chi connectivity index (χ1v) is 20.8. The Bertz CT molecular complexity index is 1520. The molecule has 1 rings (SSSR count). The molecule has 0 aromatic carbocycles. The third kappa shape index (κ3) is 25.2. The van der Waals surface area contributed by atoms with Crippen molar-refractivity contribution in [2.24, 2.45) is 0 Å². The highest BCUT2D eigenvalue weighted by molar-refractivity contribution is 6.01. The van der Waals surface area contributed by atoms with Gasteiger partial charge in [0.15, 0.2) is 0 Å². The molecule has 0 saturated carbocycles. The van der Waals surface area contributed by atoms with Crippen LogP contribution in [0.3, 0.4) is 0 Å². The highest BCUT2D eigenvalue weighted by Gasteiger charge is 2.33. The number of aliphatic hydroxyl groups excluding tert-OH is 1. The number of aliphatic hydroxyl groups is 1. The number of imide groups is 1. The summed E-state index contributed by atoms with van der Waals surface area (Å²) in [6, 6.07) is -5.46. The number of hydrogen-bond donors (Lipinski definition) is 9. The number of carboxylic acids is 4. The zero-order valence-electron chi connectivity index (χ0n) is 34.8. The zero-order chi connectivity index (χ0) is 46.5. The van der Waals surface area contributed by atoms with E-state index in [0.29, 0.717) is 17.9 Å². The van der Waals surface area contributed by atoms with Crippen molar-refractivity contribution >= 4 is 65.3 Å². The van der Waals surface area contributed by atoms with Crippen molar-refractivity contribution < 1.29 is 87.8 Å². The van der Waals surface area contributed by atoms with Gasteiger partial charge in [0, 0.05) is 44.9 Å². The van der Waals surface area contributed by atoms with E-state index in [1.54, 1.807) is 0 Å². The molecule has 350 valence electrons. The van der Waals surface area contributed by atoms with Crippen molar-refractivity contribution in [3.8, 4) is 0 Å². The van der Waals surface area contributed by atoms with Crippen LogP contribution in [0.5, 0.6) is 0 Å². The summed E-state index contributed by atoms with van der Waals surface area (Å²) in [6.45, 7) is -1.06. The van der Waals surface area contributed by atoms with Gasteiger partial charge in [0.2, 0.25) is 23.6 Å². The molecule has 1 fully saturated rings. The Kier molecular flexibility index (Phi) is 27.3. The number of carbonyl (C=O) groups is 11. The van der Waals surface area contributed by atoms with Gasteiger partial charge in [-0.3, -0.25) is 33.6 Å². The van der Waals surface area contributed by atoms with Crippen molar-refractivity contribution in [1.82, 2.24) is 26.3 Å². The van der Waals surface area contributed by atoms with E-state index in [1.165, 1.54) is 0 Å². The summed E-state index contributed by atoms with van der Waals surface area (Å²) >= 11 is 0. The SMILES string of the molecule is O=C(O)CCCCCCCCCCCCC(=O)N[C@@H](CCC(=O)N[C@@H](CCC(=O)N[C@@H](CCC(=O)N[C@@H](CCC(=O)ON1C(=O)CCC1=O)C(=O)O)COCO)C(=O)O)C(=O)O. The second-order valence-corrected chi connectivity index (χ2v) is 14.8. The van der Waals surface area contributed by atoms with E-state index in [0.717, 1.165) is 51.4 Å². The molecule has 1 aliphatic heterocycles. The fourth-order valence-electron chi connectivity index (χ4n) is 6.16. The van der Waals surface area contributed by atoms with E-state index in [9.17, 15) is 68.1 Å². The molecule has 9 N–H and O–H groups in total. The first kappa shape index (κ1) is 54.3. The molecular weight excluding hydrogens is 826 g/mol. The maximum atomic E-state index is 12.7. The molecule has 23 heteroatoms. The summed E-state index contributed by atoms with van der Waals surface area (Å²) in [5, 5.41) is 56.1. The second kappa shape index (κ2) is 31.2. The normalized spacial score (nSPS) is 14.2. The van der Waals surface area contributed by atoms with E-state index in [-0.39, 0.29) is 51.6 Å². The Balaban J connectivity index is 2.48. The molecule has 0 radical (unpaired) electrons. The molecule has 1 saturated heterocycles. The van der Waals surface area contributed by atoms with Crippen LogP contribution >= 0.6 is 0 Å². The predicted octanol–water partition coefficient (Wildman–Crippen LogP) is 0.640. The van der Waals surface area contributed by atoms with Crippen molar-refractivity contribution in [2.45, 2.75) is 165 Å². The van der Waals surface area contributed by atoms with Crippen molar-refractivity contribution in [3.63, 3.8) is 0 Å². The van der Waals surface area contributed by atoms with Gasteiger partial charge in [0.1, 0.15) is 24.9 Å². The lowest BCUT2D eigenvalue weighted by molar-refractivity contribution is -0.197. The van der Waals surface area contributed by atoms with Crippen LogP contribution in [0, 0.1) is 0 Å². The lowest BCUT2D eigenvalue weighted by Crippen LogP contribution is -2.45. The Labute approximate surface area is 357 Å². The first-order valence-electron chi connectivity index (χ1n) is 20.8. The Morgan fingerprint density at radius 1 is 0.500 bits per heavy atom. The second-order valence-electron chi connectivity index (χ2n) is 14.8. The monoisotopic (exact) mass is 887 g/mol. The fraction of sp³-hybridized carbons (Fsp3) is 0.718. The van der Waals surface area contributed by atoms with Crippen LogP contribution in [-0.4, -0.2) is 133 Å². The Hall–Kier alpha value is -5.71. The summed E-state index contributed by atoms with van der Waals surface area (Å²) in [7, 11) is 0. The summed E-state index contributed by atoms with van der Waals surface area (Å²) in [5.74, 6) is -10.6.